The van der Waals surface area contributed by atoms with Gasteiger partial charge in [0.1, 0.15) is 0 Å². The summed E-state index contributed by atoms with van der Waals surface area (Å²) in [5, 5.41) is 3.38. The van der Waals surface area contributed by atoms with Gasteiger partial charge in [0.15, 0.2) is 0 Å². The van der Waals surface area contributed by atoms with Gasteiger partial charge in [0.05, 0.1) is 11.8 Å². The Balaban J connectivity index is 1.57. The summed E-state index contributed by atoms with van der Waals surface area (Å²) >= 11 is 9.31. The summed E-state index contributed by atoms with van der Waals surface area (Å²) in [6, 6.07) is 7.20. The van der Waals surface area contributed by atoms with Gasteiger partial charge in [-0.25, -0.2) is 0 Å². The van der Waals surface area contributed by atoms with Crippen LogP contribution in [0.2, 0.25) is 0 Å². The van der Waals surface area contributed by atoms with Crippen LogP contribution in [0.5, 0.6) is 0 Å². The molecule has 2 aliphatic rings. The number of fused-ring (bicyclic) bond motifs is 1. The van der Waals surface area contributed by atoms with Gasteiger partial charge < -0.3 is 5.32 Å². The summed E-state index contributed by atoms with van der Waals surface area (Å²) in [5.41, 5.74) is 0.673. The van der Waals surface area contributed by atoms with Crippen molar-refractivity contribution in [1.82, 2.24) is 4.90 Å². The first-order valence-electron chi connectivity index (χ1n) is 7.71. The van der Waals surface area contributed by atoms with Gasteiger partial charge in [-0.15, -0.1) is 0 Å². The molecule has 1 N–H and O–H groups in total. The molecule has 24 heavy (non-hydrogen) atoms. The van der Waals surface area contributed by atoms with E-state index in [-0.39, 0.29) is 42.5 Å². The number of allylic oxidation sites excluding steroid dienone is 2. The van der Waals surface area contributed by atoms with E-state index in [0.29, 0.717) is 23.6 Å². The highest BCUT2D eigenvalue weighted by Gasteiger charge is 2.48. The van der Waals surface area contributed by atoms with Crippen molar-refractivity contribution in [2.75, 3.05) is 11.9 Å². The molecule has 0 unspecified atom stereocenters. The molecule has 3 amide bonds. The maximum Gasteiger partial charge on any atom is 0.233 e. The number of nitrogens with one attached hydrogen (secondary N) is 1. The highest BCUT2D eigenvalue weighted by molar-refractivity contribution is 9.10. The Labute approximate surface area is 153 Å². The molecule has 1 saturated heterocycles. The molecule has 1 fully saturated rings. The maximum atomic E-state index is 12.4. The minimum absolute atomic E-state index is 0.0775. The lowest BCUT2D eigenvalue weighted by molar-refractivity contribution is -0.140. The lowest BCUT2D eigenvalue weighted by Crippen LogP contribution is -2.34. The summed E-state index contributed by atoms with van der Waals surface area (Å²) < 4.78 is 0.920. The summed E-state index contributed by atoms with van der Waals surface area (Å²) in [6.07, 6.45) is 2.79. The SMILES string of the molecule is O=C(CCN1C(=O)[C@H]2CC(Cl)=CC[C@H]2C1=O)Nc1ccc(Br)cc1. The molecular formula is C17H16BrClN2O3. The zero-order valence-corrected chi connectivity index (χ0v) is 15.1. The quantitative estimate of drug-likeness (QED) is 0.773. The monoisotopic (exact) mass is 410 g/mol. The molecule has 1 aromatic rings. The van der Waals surface area contributed by atoms with Gasteiger partial charge in [-0.1, -0.05) is 33.6 Å². The van der Waals surface area contributed by atoms with Crippen molar-refractivity contribution in [2.24, 2.45) is 11.8 Å². The predicted molar refractivity (Wildman–Crippen MR) is 94.3 cm³/mol. The van der Waals surface area contributed by atoms with Crippen molar-refractivity contribution in [3.05, 3.63) is 39.8 Å². The number of benzene rings is 1. The lowest BCUT2D eigenvalue weighted by atomic mass is 9.85. The largest absolute Gasteiger partial charge is 0.326 e. The minimum atomic E-state index is -0.371. The first-order chi connectivity index (χ1) is 11.5. The molecule has 0 aromatic heterocycles. The molecule has 0 bridgehead atoms. The number of nitrogens with zero attached hydrogens (tertiary/aromatic N) is 1. The van der Waals surface area contributed by atoms with Crippen LogP contribution in [0.25, 0.3) is 0 Å². The van der Waals surface area contributed by atoms with Gasteiger partial charge in [-0.05, 0) is 37.1 Å². The predicted octanol–water partition coefficient (Wildman–Crippen LogP) is 3.30. The van der Waals surface area contributed by atoms with Gasteiger partial charge in [0, 0.05) is 28.2 Å². The third kappa shape index (κ3) is 3.54. The molecule has 126 valence electrons. The second kappa shape index (κ2) is 7.07. The Morgan fingerprint density at radius 1 is 1.21 bits per heavy atom. The van der Waals surface area contributed by atoms with Gasteiger partial charge >= 0.3 is 0 Å². The van der Waals surface area contributed by atoms with Gasteiger partial charge in [0.2, 0.25) is 17.7 Å². The van der Waals surface area contributed by atoms with Crippen LogP contribution < -0.4 is 5.32 Å². The molecule has 3 rings (SSSR count). The van der Waals surface area contributed by atoms with Crippen molar-refractivity contribution >= 4 is 50.9 Å². The van der Waals surface area contributed by atoms with Crippen LogP contribution in [0.1, 0.15) is 19.3 Å². The molecule has 1 aliphatic heterocycles. The number of halogens is 2. The number of hydrogen-bond acceptors (Lipinski definition) is 3. The van der Waals surface area contributed by atoms with E-state index >= 15 is 0 Å². The molecule has 2 atom stereocenters. The summed E-state index contributed by atoms with van der Waals surface area (Å²) in [6.45, 7) is 0.102. The number of hydrogen-bond donors (Lipinski definition) is 1. The summed E-state index contributed by atoms with van der Waals surface area (Å²) in [7, 11) is 0. The fraction of sp³-hybridized carbons (Fsp3) is 0.353. The Bertz CT molecular complexity index is 717. The molecule has 1 aromatic carbocycles. The third-order valence-electron chi connectivity index (χ3n) is 4.35. The van der Waals surface area contributed by atoms with E-state index in [2.05, 4.69) is 21.2 Å². The van der Waals surface area contributed by atoms with E-state index in [9.17, 15) is 14.4 Å². The van der Waals surface area contributed by atoms with Gasteiger partial charge in [0.25, 0.3) is 0 Å². The minimum Gasteiger partial charge on any atom is -0.326 e. The van der Waals surface area contributed by atoms with Crippen molar-refractivity contribution in [1.29, 1.82) is 0 Å². The molecule has 0 saturated carbocycles. The molecular weight excluding hydrogens is 396 g/mol. The van der Waals surface area contributed by atoms with Gasteiger partial charge in [-0.2, -0.15) is 0 Å². The van der Waals surface area contributed by atoms with E-state index in [1.165, 1.54) is 4.90 Å². The third-order valence-corrected chi connectivity index (χ3v) is 5.19. The lowest BCUT2D eigenvalue weighted by Gasteiger charge is -2.17. The summed E-state index contributed by atoms with van der Waals surface area (Å²) in [5.74, 6) is -1.34. The van der Waals surface area contributed by atoms with Crippen molar-refractivity contribution in [3.63, 3.8) is 0 Å². The van der Waals surface area contributed by atoms with E-state index < -0.39 is 0 Å². The zero-order valence-electron chi connectivity index (χ0n) is 12.8. The Morgan fingerprint density at radius 2 is 1.88 bits per heavy atom. The van der Waals surface area contributed by atoms with Crippen molar-refractivity contribution < 1.29 is 14.4 Å². The van der Waals surface area contributed by atoms with Crippen molar-refractivity contribution in [2.45, 2.75) is 19.3 Å². The van der Waals surface area contributed by atoms with Crippen LogP contribution in [-0.4, -0.2) is 29.2 Å². The van der Waals surface area contributed by atoms with E-state index in [0.717, 1.165) is 4.47 Å². The van der Waals surface area contributed by atoms with E-state index in [1.54, 1.807) is 18.2 Å². The average molecular weight is 412 g/mol. The second-order valence-electron chi connectivity index (χ2n) is 5.94. The number of likely N-dealkylation sites (tertiary alicyclic amines) is 1. The second-order valence-corrected chi connectivity index (χ2v) is 7.34. The van der Waals surface area contributed by atoms with Crippen LogP contribution in [0, 0.1) is 11.8 Å². The van der Waals surface area contributed by atoms with E-state index in [1.807, 2.05) is 12.1 Å². The smallest absolute Gasteiger partial charge is 0.233 e. The number of amides is 3. The highest BCUT2D eigenvalue weighted by Crippen LogP contribution is 2.38. The summed E-state index contributed by atoms with van der Waals surface area (Å²) in [4.78, 5) is 38.0. The Morgan fingerprint density at radius 3 is 2.58 bits per heavy atom. The van der Waals surface area contributed by atoms with Crippen LogP contribution in [-0.2, 0) is 14.4 Å². The normalized spacial score (nSPS) is 23.1. The van der Waals surface area contributed by atoms with Gasteiger partial charge in [-0.3, -0.25) is 19.3 Å². The number of anilines is 1. The number of rotatable bonds is 4. The van der Waals surface area contributed by atoms with Crippen LogP contribution >= 0.6 is 27.5 Å². The average Bonchev–Trinajstić information content (AvgIpc) is 2.78. The van der Waals surface area contributed by atoms with Crippen molar-refractivity contribution in [3.8, 4) is 0 Å². The topological polar surface area (TPSA) is 66.5 Å². The Kier molecular flexibility index (Phi) is 5.06. The van der Waals surface area contributed by atoms with Crippen LogP contribution in [0.4, 0.5) is 5.69 Å². The standard InChI is InChI=1S/C17H16BrClN2O3/c18-10-1-4-12(5-2-10)20-15(22)7-8-21-16(23)13-6-3-11(19)9-14(13)17(21)24/h1-5,13-14H,6-9H2,(H,20,22)/t13-,14+/m1/s1. The molecule has 1 aliphatic carbocycles. The molecule has 1 heterocycles. The van der Waals surface area contributed by atoms with Crippen LogP contribution in [0.3, 0.4) is 0 Å². The maximum absolute atomic E-state index is 12.4. The molecule has 7 heteroatoms. The molecule has 5 nitrogen and oxygen atoms in total. The zero-order chi connectivity index (χ0) is 17.3. The fourth-order valence-electron chi connectivity index (χ4n) is 3.09. The molecule has 0 radical (unpaired) electrons. The fourth-order valence-corrected chi connectivity index (χ4v) is 3.61. The van der Waals surface area contributed by atoms with E-state index in [4.69, 9.17) is 11.6 Å². The molecule has 0 spiro atoms. The first-order valence-corrected chi connectivity index (χ1v) is 8.88. The Hall–Kier alpha value is -1.66. The number of carbonyl (C=O) groups is 3. The number of imide groups is 1. The first kappa shape index (κ1) is 17.2. The highest BCUT2D eigenvalue weighted by atomic mass is 79.9. The van der Waals surface area contributed by atoms with Crippen LogP contribution in [0.15, 0.2) is 39.8 Å². The number of carbonyl (C=O) groups excluding carboxylic acids is 3.